The molecule has 116 valence electrons. The zero-order valence-corrected chi connectivity index (χ0v) is 13.2. The van der Waals surface area contributed by atoms with Crippen molar-refractivity contribution in [2.24, 2.45) is 5.73 Å². The van der Waals surface area contributed by atoms with Crippen LogP contribution in [0, 0.1) is 0 Å². The van der Waals surface area contributed by atoms with Crippen LogP contribution in [0.2, 0.25) is 0 Å². The van der Waals surface area contributed by atoms with Gasteiger partial charge in [-0.3, -0.25) is 0 Å². The summed E-state index contributed by atoms with van der Waals surface area (Å²) in [6, 6.07) is 0.0753. The lowest BCUT2D eigenvalue weighted by atomic mass is 10.2. The quantitative estimate of drug-likeness (QED) is 0.525. The van der Waals surface area contributed by atoms with E-state index in [0.29, 0.717) is 19.8 Å². The highest BCUT2D eigenvalue weighted by molar-refractivity contribution is 4.55. The second-order valence-corrected chi connectivity index (χ2v) is 5.40. The van der Waals surface area contributed by atoms with Gasteiger partial charge in [-0.15, -0.1) is 0 Å². The maximum Gasteiger partial charge on any atom is 0.0781 e. The van der Waals surface area contributed by atoms with E-state index in [4.69, 9.17) is 19.9 Å². The molecule has 0 aromatic heterocycles. The lowest BCUT2D eigenvalue weighted by molar-refractivity contribution is -0.0586. The van der Waals surface area contributed by atoms with Crippen molar-refractivity contribution in [1.29, 1.82) is 0 Å². The molecule has 2 N–H and O–H groups in total. The summed E-state index contributed by atoms with van der Waals surface area (Å²) in [6.45, 7) is 10.8. The second-order valence-electron chi connectivity index (χ2n) is 5.40. The third kappa shape index (κ3) is 14.1. The van der Waals surface area contributed by atoms with Gasteiger partial charge in [0.2, 0.25) is 0 Å². The maximum atomic E-state index is 5.67. The number of rotatable bonds is 13. The van der Waals surface area contributed by atoms with E-state index >= 15 is 0 Å². The van der Waals surface area contributed by atoms with Crippen molar-refractivity contribution < 1.29 is 14.2 Å². The Balaban J connectivity index is 3.35. The topological polar surface area (TPSA) is 53.7 Å². The third-order valence-corrected chi connectivity index (χ3v) is 2.75. The van der Waals surface area contributed by atoms with Gasteiger partial charge in [-0.05, 0) is 27.2 Å². The standard InChI is InChI=1S/C15H33NO3/c1-5-6-7-8-9-17-11-14(3)19-12-15(4)18-10-13(2)16/h13-15H,5-12,16H2,1-4H3. The summed E-state index contributed by atoms with van der Waals surface area (Å²) in [7, 11) is 0. The molecule has 3 unspecified atom stereocenters. The molecule has 0 aliphatic heterocycles. The van der Waals surface area contributed by atoms with Gasteiger partial charge >= 0.3 is 0 Å². The van der Waals surface area contributed by atoms with E-state index in [0.717, 1.165) is 13.0 Å². The number of hydrogen-bond acceptors (Lipinski definition) is 4. The predicted octanol–water partition coefficient (Wildman–Crippen LogP) is 2.74. The van der Waals surface area contributed by atoms with E-state index in [2.05, 4.69) is 6.92 Å². The molecule has 0 aromatic rings. The maximum absolute atomic E-state index is 5.67. The Labute approximate surface area is 119 Å². The minimum Gasteiger partial charge on any atom is -0.379 e. The highest BCUT2D eigenvalue weighted by atomic mass is 16.6. The van der Waals surface area contributed by atoms with Gasteiger partial charge in [0.1, 0.15) is 0 Å². The minimum atomic E-state index is 0.0753. The normalized spacial score (nSPS) is 16.3. The van der Waals surface area contributed by atoms with Crippen LogP contribution in [0.3, 0.4) is 0 Å². The summed E-state index contributed by atoms with van der Waals surface area (Å²) < 4.78 is 16.8. The molecule has 0 heterocycles. The molecule has 0 amide bonds. The molecule has 0 aromatic carbocycles. The van der Waals surface area contributed by atoms with Crippen LogP contribution < -0.4 is 5.73 Å². The van der Waals surface area contributed by atoms with E-state index in [1.165, 1.54) is 19.3 Å². The van der Waals surface area contributed by atoms with E-state index < -0.39 is 0 Å². The summed E-state index contributed by atoms with van der Waals surface area (Å²) in [5, 5.41) is 0. The Morgan fingerprint density at radius 3 is 2.11 bits per heavy atom. The first-order chi connectivity index (χ1) is 9.06. The average molecular weight is 275 g/mol. The smallest absolute Gasteiger partial charge is 0.0781 e. The van der Waals surface area contributed by atoms with Crippen LogP contribution in [0.15, 0.2) is 0 Å². The SMILES string of the molecule is CCCCCCOCC(C)OCC(C)OCC(C)N. The molecule has 0 rings (SSSR count). The van der Waals surface area contributed by atoms with Crippen LogP contribution in [0.1, 0.15) is 53.4 Å². The molecule has 0 aliphatic rings. The van der Waals surface area contributed by atoms with Gasteiger partial charge < -0.3 is 19.9 Å². The third-order valence-electron chi connectivity index (χ3n) is 2.75. The Bertz CT molecular complexity index is 188. The fraction of sp³-hybridized carbons (Fsp3) is 1.00. The molecule has 0 saturated heterocycles. The molecule has 4 heteroatoms. The van der Waals surface area contributed by atoms with Gasteiger partial charge in [-0.25, -0.2) is 0 Å². The molecular formula is C15H33NO3. The number of hydrogen-bond donors (Lipinski definition) is 1. The summed E-state index contributed by atoms with van der Waals surface area (Å²) >= 11 is 0. The van der Waals surface area contributed by atoms with Crippen molar-refractivity contribution in [2.45, 2.75) is 71.6 Å². The van der Waals surface area contributed by atoms with Crippen LogP contribution >= 0.6 is 0 Å². The van der Waals surface area contributed by atoms with Gasteiger partial charge in [-0.2, -0.15) is 0 Å². The largest absolute Gasteiger partial charge is 0.379 e. The molecule has 0 fully saturated rings. The zero-order valence-electron chi connectivity index (χ0n) is 13.2. The predicted molar refractivity (Wildman–Crippen MR) is 79.4 cm³/mol. The molecular weight excluding hydrogens is 242 g/mol. The van der Waals surface area contributed by atoms with E-state index in [1.54, 1.807) is 0 Å². The fourth-order valence-electron chi connectivity index (χ4n) is 1.59. The van der Waals surface area contributed by atoms with Crippen molar-refractivity contribution in [2.75, 3.05) is 26.4 Å². The van der Waals surface area contributed by atoms with Crippen molar-refractivity contribution in [1.82, 2.24) is 0 Å². The Morgan fingerprint density at radius 2 is 1.47 bits per heavy atom. The molecule has 0 spiro atoms. The van der Waals surface area contributed by atoms with Crippen molar-refractivity contribution in [3.63, 3.8) is 0 Å². The minimum absolute atomic E-state index is 0.0753. The van der Waals surface area contributed by atoms with E-state index in [-0.39, 0.29) is 18.2 Å². The lowest BCUT2D eigenvalue weighted by Gasteiger charge is -2.18. The number of ether oxygens (including phenoxy) is 3. The Kier molecular flexibility index (Phi) is 12.7. The first-order valence-corrected chi connectivity index (χ1v) is 7.62. The average Bonchev–Trinajstić information content (AvgIpc) is 2.38. The van der Waals surface area contributed by atoms with E-state index in [9.17, 15) is 0 Å². The highest BCUT2D eigenvalue weighted by Crippen LogP contribution is 2.01. The van der Waals surface area contributed by atoms with Gasteiger partial charge in [0.15, 0.2) is 0 Å². The van der Waals surface area contributed by atoms with E-state index in [1.807, 2.05) is 20.8 Å². The Hall–Kier alpha value is -0.160. The zero-order chi connectivity index (χ0) is 14.5. The molecule has 3 atom stereocenters. The molecule has 0 aliphatic carbocycles. The molecule has 0 bridgehead atoms. The summed E-state index contributed by atoms with van der Waals surface area (Å²) in [5.41, 5.74) is 5.63. The van der Waals surface area contributed by atoms with Crippen molar-refractivity contribution in [3.05, 3.63) is 0 Å². The van der Waals surface area contributed by atoms with Crippen LogP contribution in [0.4, 0.5) is 0 Å². The van der Waals surface area contributed by atoms with Crippen molar-refractivity contribution >= 4 is 0 Å². The molecule has 0 radical (unpaired) electrons. The van der Waals surface area contributed by atoms with Crippen LogP contribution in [-0.2, 0) is 14.2 Å². The fourth-order valence-corrected chi connectivity index (χ4v) is 1.59. The summed E-state index contributed by atoms with van der Waals surface area (Å²) in [4.78, 5) is 0. The van der Waals surface area contributed by atoms with Crippen LogP contribution in [-0.4, -0.2) is 44.7 Å². The first-order valence-electron chi connectivity index (χ1n) is 7.62. The van der Waals surface area contributed by atoms with Crippen molar-refractivity contribution in [3.8, 4) is 0 Å². The monoisotopic (exact) mass is 275 g/mol. The highest BCUT2D eigenvalue weighted by Gasteiger charge is 2.08. The lowest BCUT2D eigenvalue weighted by Crippen LogP contribution is -2.28. The van der Waals surface area contributed by atoms with Crippen LogP contribution in [0.5, 0.6) is 0 Å². The molecule has 4 nitrogen and oxygen atoms in total. The summed E-state index contributed by atoms with van der Waals surface area (Å²) in [5.74, 6) is 0. The van der Waals surface area contributed by atoms with Gasteiger partial charge in [0.05, 0.1) is 32.0 Å². The molecule has 19 heavy (non-hydrogen) atoms. The van der Waals surface area contributed by atoms with Crippen LogP contribution in [0.25, 0.3) is 0 Å². The Morgan fingerprint density at radius 1 is 0.842 bits per heavy atom. The van der Waals surface area contributed by atoms with Gasteiger partial charge in [0, 0.05) is 12.6 Å². The number of nitrogens with two attached hydrogens (primary N) is 1. The van der Waals surface area contributed by atoms with Gasteiger partial charge in [0.25, 0.3) is 0 Å². The van der Waals surface area contributed by atoms with Gasteiger partial charge in [-0.1, -0.05) is 26.2 Å². The number of unbranched alkanes of at least 4 members (excludes halogenated alkanes) is 3. The molecule has 0 saturated carbocycles. The summed E-state index contributed by atoms with van der Waals surface area (Å²) in [6.07, 6.45) is 5.16. The first kappa shape index (κ1) is 18.8. The second kappa shape index (κ2) is 12.9.